The van der Waals surface area contributed by atoms with E-state index in [1.807, 2.05) is 0 Å². The zero-order valence-electron chi connectivity index (χ0n) is 10.5. The maximum Gasteiger partial charge on any atom is 0.0198 e. The van der Waals surface area contributed by atoms with E-state index in [0.29, 0.717) is 0 Å². The zero-order chi connectivity index (χ0) is 10.8. The molecule has 2 saturated carbocycles. The zero-order valence-corrected chi connectivity index (χ0v) is 10.5. The summed E-state index contributed by atoms with van der Waals surface area (Å²) in [6.45, 7) is 2.70. The van der Waals surface area contributed by atoms with Gasteiger partial charge in [-0.2, -0.15) is 0 Å². The average molecular weight is 222 g/mol. The Hall–Kier alpha value is -0.0800. The molecule has 2 aliphatic carbocycles. The molecule has 2 heteroatoms. The van der Waals surface area contributed by atoms with E-state index in [1.165, 1.54) is 70.9 Å². The molecule has 3 fully saturated rings. The van der Waals surface area contributed by atoms with Crippen LogP contribution in [0.15, 0.2) is 0 Å². The predicted octanol–water partition coefficient (Wildman–Crippen LogP) is 2.54. The third-order valence-corrected chi connectivity index (χ3v) is 4.87. The van der Waals surface area contributed by atoms with Crippen LogP contribution in [0.4, 0.5) is 0 Å². The highest BCUT2D eigenvalue weighted by Gasteiger charge is 2.30. The molecule has 1 heterocycles. The average Bonchev–Trinajstić information content (AvgIpc) is 2.68. The molecule has 0 spiro atoms. The summed E-state index contributed by atoms with van der Waals surface area (Å²) in [6, 6.07) is 2.61. The first-order valence-electron chi connectivity index (χ1n) is 7.42. The molecule has 2 nitrogen and oxygen atoms in total. The van der Waals surface area contributed by atoms with Crippen molar-refractivity contribution in [3.8, 4) is 0 Å². The summed E-state index contributed by atoms with van der Waals surface area (Å²) in [4.78, 5) is 2.76. The van der Waals surface area contributed by atoms with Crippen molar-refractivity contribution >= 4 is 0 Å². The summed E-state index contributed by atoms with van der Waals surface area (Å²) in [5, 5.41) is 3.91. The Morgan fingerprint density at radius 3 is 2.19 bits per heavy atom. The minimum absolute atomic E-state index is 0.803. The van der Waals surface area contributed by atoms with Crippen molar-refractivity contribution < 1.29 is 0 Å². The fourth-order valence-corrected chi connectivity index (χ4v) is 3.65. The summed E-state index contributed by atoms with van der Waals surface area (Å²) in [7, 11) is 0. The summed E-state index contributed by atoms with van der Waals surface area (Å²) in [6.07, 6.45) is 13.0. The summed E-state index contributed by atoms with van der Waals surface area (Å²) < 4.78 is 0. The van der Waals surface area contributed by atoms with Crippen molar-refractivity contribution in [2.45, 2.75) is 75.9 Å². The van der Waals surface area contributed by atoms with E-state index < -0.39 is 0 Å². The first kappa shape index (κ1) is 11.0. The molecule has 1 N–H and O–H groups in total. The Morgan fingerprint density at radius 2 is 1.50 bits per heavy atom. The van der Waals surface area contributed by atoms with Gasteiger partial charge in [-0.05, 0) is 45.1 Å². The number of likely N-dealkylation sites (tertiary alicyclic amines) is 1. The quantitative estimate of drug-likeness (QED) is 0.789. The van der Waals surface area contributed by atoms with Crippen LogP contribution in [-0.4, -0.2) is 36.1 Å². The number of hydrogen-bond acceptors (Lipinski definition) is 2. The molecule has 0 aromatic heterocycles. The van der Waals surface area contributed by atoms with Crippen molar-refractivity contribution in [3.05, 3.63) is 0 Å². The third kappa shape index (κ3) is 2.43. The fourth-order valence-electron chi connectivity index (χ4n) is 3.65. The lowest BCUT2D eigenvalue weighted by molar-refractivity contribution is 0.0847. The van der Waals surface area contributed by atoms with Gasteiger partial charge in [0.25, 0.3) is 0 Å². The standard InChI is InChI=1S/C14H26N2/c1-2-6-12(5-1)15-13-7-4-10-16(11-13)14-8-3-9-14/h12-15H,1-11H2. The highest BCUT2D eigenvalue weighted by Crippen LogP contribution is 2.28. The summed E-state index contributed by atoms with van der Waals surface area (Å²) in [5.41, 5.74) is 0. The topological polar surface area (TPSA) is 15.3 Å². The number of piperidine rings is 1. The molecule has 1 unspecified atom stereocenters. The lowest BCUT2D eigenvalue weighted by Gasteiger charge is -2.43. The predicted molar refractivity (Wildman–Crippen MR) is 67.6 cm³/mol. The Kier molecular flexibility index (Phi) is 3.49. The molecule has 0 radical (unpaired) electrons. The van der Waals surface area contributed by atoms with Gasteiger partial charge < -0.3 is 5.32 Å². The molecule has 0 bridgehead atoms. The largest absolute Gasteiger partial charge is 0.310 e. The van der Waals surface area contributed by atoms with E-state index in [0.717, 1.165) is 18.1 Å². The third-order valence-electron chi connectivity index (χ3n) is 4.87. The lowest BCUT2D eigenvalue weighted by Crippen LogP contribution is -2.53. The fraction of sp³-hybridized carbons (Fsp3) is 1.00. The Balaban J connectivity index is 1.47. The second-order valence-electron chi connectivity index (χ2n) is 6.07. The molecule has 16 heavy (non-hydrogen) atoms. The number of hydrogen-bond donors (Lipinski definition) is 1. The lowest BCUT2D eigenvalue weighted by atomic mass is 9.89. The van der Waals surface area contributed by atoms with Gasteiger partial charge in [0.2, 0.25) is 0 Å². The van der Waals surface area contributed by atoms with E-state index >= 15 is 0 Å². The minimum atomic E-state index is 0.803. The Bertz CT molecular complexity index is 219. The first-order chi connectivity index (χ1) is 7.92. The highest BCUT2D eigenvalue weighted by molar-refractivity contribution is 4.88. The van der Waals surface area contributed by atoms with E-state index in [-0.39, 0.29) is 0 Å². The van der Waals surface area contributed by atoms with Gasteiger partial charge >= 0.3 is 0 Å². The van der Waals surface area contributed by atoms with Crippen LogP contribution in [0.25, 0.3) is 0 Å². The normalized spacial score (nSPS) is 34.1. The SMILES string of the molecule is C1CCC(NC2CCCN(C3CCC3)C2)C1. The van der Waals surface area contributed by atoms with Gasteiger partial charge in [0.15, 0.2) is 0 Å². The van der Waals surface area contributed by atoms with Crippen molar-refractivity contribution in [3.63, 3.8) is 0 Å². The van der Waals surface area contributed by atoms with Crippen LogP contribution in [0.2, 0.25) is 0 Å². The van der Waals surface area contributed by atoms with Crippen molar-refractivity contribution in [1.29, 1.82) is 0 Å². The summed E-state index contributed by atoms with van der Waals surface area (Å²) in [5.74, 6) is 0. The van der Waals surface area contributed by atoms with Crippen LogP contribution in [0.5, 0.6) is 0 Å². The van der Waals surface area contributed by atoms with Gasteiger partial charge in [0.05, 0.1) is 0 Å². The van der Waals surface area contributed by atoms with Gasteiger partial charge in [-0.3, -0.25) is 4.90 Å². The van der Waals surface area contributed by atoms with Crippen LogP contribution >= 0.6 is 0 Å². The number of nitrogens with zero attached hydrogens (tertiary/aromatic N) is 1. The molecule has 1 saturated heterocycles. The summed E-state index contributed by atoms with van der Waals surface area (Å²) >= 11 is 0. The van der Waals surface area contributed by atoms with Gasteiger partial charge in [-0.25, -0.2) is 0 Å². The molecule has 1 aliphatic heterocycles. The van der Waals surface area contributed by atoms with Crippen LogP contribution in [0.1, 0.15) is 57.8 Å². The van der Waals surface area contributed by atoms with Gasteiger partial charge in [0, 0.05) is 24.7 Å². The highest BCUT2D eigenvalue weighted by atomic mass is 15.2. The first-order valence-corrected chi connectivity index (χ1v) is 7.42. The monoisotopic (exact) mass is 222 g/mol. The maximum atomic E-state index is 3.91. The van der Waals surface area contributed by atoms with Crippen molar-refractivity contribution in [2.24, 2.45) is 0 Å². The number of rotatable bonds is 3. The van der Waals surface area contributed by atoms with E-state index in [9.17, 15) is 0 Å². The van der Waals surface area contributed by atoms with Crippen LogP contribution < -0.4 is 5.32 Å². The molecule has 0 aromatic rings. The van der Waals surface area contributed by atoms with Gasteiger partial charge in [-0.15, -0.1) is 0 Å². The van der Waals surface area contributed by atoms with E-state index in [1.54, 1.807) is 0 Å². The molecule has 0 aromatic carbocycles. The van der Waals surface area contributed by atoms with Gasteiger partial charge in [0.1, 0.15) is 0 Å². The maximum absolute atomic E-state index is 3.91. The molecule has 1 atom stereocenters. The second kappa shape index (κ2) is 5.05. The van der Waals surface area contributed by atoms with Crippen LogP contribution in [0.3, 0.4) is 0 Å². The smallest absolute Gasteiger partial charge is 0.0198 e. The molecular weight excluding hydrogens is 196 g/mol. The van der Waals surface area contributed by atoms with E-state index in [2.05, 4.69) is 10.2 Å². The number of nitrogens with one attached hydrogen (secondary N) is 1. The van der Waals surface area contributed by atoms with Crippen molar-refractivity contribution in [1.82, 2.24) is 10.2 Å². The molecule has 0 amide bonds. The second-order valence-corrected chi connectivity index (χ2v) is 6.07. The van der Waals surface area contributed by atoms with Gasteiger partial charge in [-0.1, -0.05) is 19.3 Å². The minimum Gasteiger partial charge on any atom is -0.310 e. The molecule has 3 rings (SSSR count). The van der Waals surface area contributed by atoms with Crippen LogP contribution in [0, 0.1) is 0 Å². The molecule has 3 aliphatic rings. The molecular formula is C14H26N2. The van der Waals surface area contributed by atoms with Crippen LogP contribution in [-0.2, 0) is 0 Å². The molecule has 92 valence electrons. The Labute approximate surface area is 99.8 Å². The van der Waals surface area contributed by atoms with Crippen molar-refractivity contribution in [2.75, 3.05) is 13.1 Å². The Morgan fingerprint density at radius 1 is 0.750 bits per heavy atom. The van der Waals surface area contributed by atoms with E-state index in [4.69, 9.17) is 0 Å².